The van der Waals surface area contributed by atoms with Crippen LogP contribution in [0.4, 0.5) is 10.1 Å². The summed E-state index contributed by atoms with van der Waals surface area (Å²) in [6, 6.07) is 14.4. The van der Waals surface area contributed by atoms with Gasteiger partial charge in [0.15, 0.2) is 0 Å². The first-order valence-electron chi connectivity index (χ1n) is 10.2. The molecule has 0 atom stereocenters. The Labute approximate surface area is 170 Å². The van der Waals surface area contributed by atoms with Crippen LogP contribution in [-0.4, -0.2) is 36.3 Å². The topological polar surface area (TPSA) is 40.6 Å². The second-order valence-electron chi connectivity index (χ2n) is 7.71. The summed E-state index contributed by atoms with van der Waals surface area (Å²) in [6.07, 6.45) is 6.47. The summed E-state index contributed by atoms with van der Waals surface area (Å²) in [6.45, 7) is 1.77. The van der Waals surface area contributed by atoms with E-state index >= 15 is 0 Å². The van der Waals surface area contributed by atoms with E-state index in [9.17, 15) is 14.0 Å². The molecule has 0 radical (unpaired) electrons. The van der Waals surface area contributed by atoms with Crippen LogP contribution in [0.2, 0.25) is 0 Å². The predicted molar refractivity (Wildman–Crippen MR) is 112 cm³/mol. The number of aryl methyl sites for hydroxylation is 1. The van der Waals surface area contributed by atoms with Crippen LogP contribution in [0, 0.1) is 11.7 Å². The van der Waals surface area contributed by atoms with Crippen molar-refractivity contribution in [2.75, 3.05) is 24.5 Å². The minimum Gasteiger partial charge on any atom is -0.339 e. The average molecular weight is 392 g/mol. The maximum absolute atomic E-state index is 13.7. The van der Waals surface area contributed by atoms with Crippen molar-refractivity contribution in [3.8, 4) is 0 Å². The van der Waals surface area contributed by atoms with E-state index in [2.05, 4.69) is 0 Å². The van der Waals surface area contributed by atoms with Crippen molar-refractivity contribution in [3.05, 3.63) is 71.6 Å². The smallest absolute Gasteiger partial charge is 0.246 e. The number of hydrogen-bond acceptors (Lipinski definition) is 2. The lowest BCUT2D eigenvalue weighted by Crippen LogP contribution is -2.45. The van der Waals surface area contributed by atoms with Gasteiger partial charge in [-0.15, -0.1) is 0 Å². The third kappa shape index (κ3) is 4.39. The van der Waals surface area contributed by atoms with Crippen LogP contribution in [0.1, 0.15) is 30.4 Å². The Morgan fingerprint density at radius 3 is 2.52 bits per heavy atom. The molecule has 0 unspecified atom stereocenters. The van der Waals surface area contributed by atoms with Gasteiger partial charge in [-0.2, -0.15) is 0 Å². The summed E-state index contributed by atoms with van der Waals surface area (Å²) in [7, 11) is 0. The van der Waals surface area contributed by atoms with E-state index in [0.29, 0.717) is 38.2 Å². The van der Waals surface area contributed by atoms with Crippen molar-refractivity contribution < 1.29 is 14.0 Å². The fourth-order valence-electron chi connectivity index (χ4n) is 4.18. The van der Waals surface area contributed by atoms with Crippen molar-refractivity contribution in [1.29, 1.82) is 0 Å². The van der Waals surface area contributed by atoms with Gasteiger partial charge in [-0.3, -0.25) is 9.59 Å². The van der Waals surface area contributed by atoms with Crippen LogP contribution in [0.15, 0.2) is 54.6 Å². The van der Waals surface area contributed by atoms with E-state index in [4.69, 9.17) is 0 Å². The molecule has 0 aliphatic carbocycles. The van der Waals surface area contributed by atoms with Crippen molar-refractivity contribution in [3.63, 3.8) is 0 Å². The maximum Gasteiger partial charge on any atom is 0.246 e. The summed E-state index contributed by atoms with van der Waals surface area (Å²) in [5.41, 5.74) is 2.73. The molecular formula is C24H25FN2O2. The van der Waals surface area contributed by atoms with Crippen LogP contribution in [0.3, 0.4) is 0 Å². The standard InChI is InChI=1S/C24H25FN2O2/c25-21-10-9-19-7-4-14-27(22(19)17-21)24(29)20-12-15-26(16-13-20)23(28)11-8-18-5-2-1-3-6-18/h1-3,5-6,8-11,17,20H,4,7,12-16H2. The van der Waals surface area contributed by atoms with Crippen molar-refractivity contribution >= 4 is 23.6 Å². The molecule has 2 aromatic rings. The first-order valence-corrected chi connectivity index (χ1v) is 10.2. The normalized spacial score (nSPS) is 17.4. The lowest BCUT2D eigenvalue weighted by Gasteiger charge is -2.36. The number of nitrogens with zero attached hydrogens (tertiary/aromatic N) is 2. The fourth-order valence-corrected chi connectivity index (χ4v) is 4.18. The summed E-state index contributed by atoms with van der Waals surface area (Å²) in [5, 5.41) is 0. The van der Waals surface area contributed by atoms with Gasteiger partial charge >= 0.3 is 0 Å². The number of fused-ring (bicyclic) bond motifs is 1. The second kappa shape index (κ2) is 8.60. The highest BCUT2D eigenvalue weighted by atomic mass is 19.1. The summed E-state index contributed by atoms with van der Waals surface area (Å²) in [5.74, 6) is -0.394. The lowest BCUT2D eigenvalue weighted by atomic mass is 9.93. The molecule has 4 rings (SSSR count). The Kier molecular flexibility index (Phi) is 5.74. The zero-order chi connectivity index (χ0) is 20.2. The van der Waals surface area contributed by atoms with Crippen LogP contribution < -0.4 is 4.90 Å². The van der Waals surface area contributed by atoms with Gasteiger partial charge in [0, 0.05) is 37.3 Å². The molecule has 29 heavy (non-hydrogen) atoms. The molecule has 2 aliphatic rings. The molecule has 2 amide bonds. The second-order valence-corrected chi connectivity index (χ2v) is 7.71. The molecule has 0 saturated carbocycles. The van der Waals surface area contributed by atoms with Gasteiger partial charge in [0.1, 0.15) is 5.82 Å². The average Bonchev–Trinajstić information content (AvgIpc) is 2.77. The van der Waals surface area contributed by atoms with Gasteiger partial charge in [-0.25, -0.2) is 4.39 Å². The number of hydrogen-bond donors (Lipinski definition) is 0. The number of benzene rings is 2. The highest BCUT2D eigenvalue weighted by Gasteiger charge is 2.32. The Morgan fingerprint density at radius 1 is 1.00 bits per heavy atom. The molecule has 0 aromatic heterocycles. The van der Waals surface area contributed by atoms with E-state index in [0.717, 1.165) is 24.0 Å². The summed E-state index contributed by atoms with van der Waals surface area (Å²) < 4.78 is 13.7. The van der Waals surface area contributed by atoms with Gasteiger partial charge in [0.2, 0.25) is 11.8 Å². The number of carbonyl (C=O) groups is 2. The van der Waals surface area contributed by atoms with Crippen molar-refractivity contribution in [2.45, 2.75) is 25.7 Å². The first kappa shape index (κ1) is 19.4. The Balaban J connectivity index is 1.36. The van der Waals surface area contributed by atoms with E-state index in [1.165, 1.54) is 12.1 Å². The van der Waals surface area contributed by atoms with Gasteiger partial charge in [-0.05, 0) is 55.0 Å². The number of piperidine rings is 1. The van der Waals surface area contributed by atoms with Crippen molar-refractivity contribution in [1.82, 2.24) is 4.90 Å². The van der Waals surface area contributed by atoms with Crippen LogP contribution in [-0.2, 0) is 16.0 Å². The molecule has 4 nitrogen and oxygen atoms in total. The third-order valence-corrected chi connectivity index (χ3v) is 5.81. The van der Waals surface area contributed by atoms with Gasteiger partial charge in [-0.1, -0.05) is 36.4 Å². The lowest BCUT2D eigenvalue weighted by molar-refractivity contribution is -0.131. The molecular weight excluding hydrogens is 367 g/mol. The van der Waals surface area contributed by atoms with E-state index in [1.807, 2.05) is 36.4 Å². The SMILES string of the molecule is O=C(C=Cc1ccccc1)N1CCC(C(=O)N2CCCc3ccc(F)cc32)CC1. The highest BCUT2D eigenvalue weighted by Crippen LogP contribution is 2.31. The number of likely N-dealkylation sites (tertiary alicyclic amines) is 1. The Morgan fingerprint density at radius 2 is 1.76 bits per heavy atom. The van der Waals surface area contributed by atoms with E-state index in [1.54, 1.807) is 21.9 Å². The fraction of sp³-hybridized carbons (Fsp3) is 0.333. The predicted octanol–water partition coefficient (Wildman–Crippen LogP) is 4.06. The highest BCUT2D eigenvalue weighted by molar-refractivity contribution is 5.96. The molecule has 2 heterocycles. The zero-order valence-corrected chi connectivity index (χ0v) is 16.4. The van der Waals surface area contributed by atoms with Gasteiger partial charge in [0.25, 0.3) is 0 Å². The van der Waals surface area contributed by atoms with Crippen LogP contribution >= 0.6 is 0 Å². The molecule has 0 N–H and O–H groups in total. The molecule has 2 aliphatic heterocycles. The number of rotatable bonds is 3. The molecule has 0 spiro atoms. The number of anilines is 1. The quantitative estimate of drug-likeness (QED) is 0.739. The van der Waals surface area contributed by atoms with Crippen molar-refractivity contribution in [2.24, 2.45) is 5.92 Å². The van der Waals surface area contributed by atoms with Crippen LogP contribution in [0.5, 0.6) is 0 Å². The largest absolute Gasteiger partial charge is 0.339 e. The first-order chi connectivity index (χ1) is 14.1. The number of halogens is 1. The molecule has 0 bridgehead atoms. The summed E-state index contributed by atoms with van der Waals surface area (Å²) >= 11 is 0. The Hall–Kier alpha value is -2.95. The molecule has 5 heteroatoms. The third-order valence-electron chi connectivity index (χ3n) is 5.81. The Bertz CT molecular complexity index is 918. The molecule has 150 valence electrons. The maximum atomic E-state index is 13.7. The van der Waals surface area contributed by atoms with E-state index < -0.39 is 0 Å². The summed E-state index contributed by atoms with van der Waals surface area (Å²) in [4.78, 5) is 29.1. The molecule has 2 aromatic carbocycles. The number of amides is 2. The van der Waals surface area contributed by atoms with Gasteiger partial charge in [0.05, 0.1) is 0 Å². The van der Waals surface area contributed by atoms with E-state index in [-0.39, 0.29) is 23.5 Å². The minimum atomic E-state index is -0.311. The zero-order valence-electron chi connectivity index (χ0n) is 16.4. The van der Waals surface area contributed by atoms with Gasteiger partial charge < -0.3 is 9.80 Å². The molecule has 1 fully saturated rings. The monoisotopic (exact) mass is 392 g/mol. The molecule has 1 saturated heterocycles. The minimum absolute atomic E-state index is 0.0230. The van der Waals surface area contributed by atoms with Crippen LogP contribution in [0.25, 0.3) is 6.08 Å². The number of carbonyl (C=O) groups excluding carboxylic acids is 2.